The van der Waals surface area contributed by atoms with Gasteiger partial charge in [-0.15, -0.1) is 0 Å². The lowest BCUT2D eigenvalue weighted by molar-refractivity contribution is -0.384. The molecule has 0 atom stereocenters. The fourth-order valence-corrected chi connectivity index (χ4v) is 4.04. The molecule has 148 valence electrons. The number of anilines is 1. The van der Waals surface area contributed by atoms with E-state index in [9.17, 15) is 14.9 Å². The molecule has 2 heterocycles. The Morgan fingerprint density at radius 3 is 2.79 bits per heavy atom. The molecule has 8 nitrogen and oxygen atoms in total. The number of aromatic nitrogens is 1. The normalized spacial score (nSPS) is 13.7. The van der Waals surface area contributed by atoms with Gasteiger partial charge in [-0.3, -0.25) is 19.5 Å². The Morgan fingerprint density at radius 2 is 2.07 bits per heavy atom. The summed E-state index contributed by atoms with van der Waals surface area (Å²) in [6, 6.07) is 13.9. The molecular formula is C20H18N4O4S. The second-order valence-electron chi connectivity index (χ2n) is 6.39. The average Bonchev–Trinajstić information content (AvgIpc) is 3.04. The first-order valence-electron chi connectivity index (χ1n) is 9.03. The van der Waals surface area contributed by atoms with Crippen LogP contribution in [-0.2, 0) is 6.67 Å². The molecule has 0 N–H and O–H groups in total. The number of thiazole rings is 1. The molecule has 3 aromatic rings. The lowest BCUT2D eigenvalue weighted by atomic mass is 10.2. The van der Waals surface area contributed by atoms with Gasteiger partial charge in [-0.25, -0.2) is 4.99 Å². The molecule has 0 amide bonds. The maximum atomic E-state index is 12.9. The van der Waals surface area contributed by atoms with Crippen LogP contribution >= 0.6 is 11.3 Å². The average molecular weight is 410 g/mol. The van der Waals surface area contributed by atoms with Gasteiger partial charge >= 0.3 is 0 Å². The van der Waals surface area contributed by atoms with Crippen molar-refractivity contribution in [2.45, 2.75) is 13.6 Å². The van der Waals surface area contributed by atoms with Gasteiger partial charge in [0.05, 0.1) is 16.1 Å². The number of rotatable bonds is 5. The Labute approximate surface area is 169 Å². The lowest BCUT2D eigenvalue weighted by Crippen LogP contribution is -2.42. The Hall–Kier alpha value is -3.46. The summed E-state index contributed by atoms with van der Waals surface area (Å²) < 4.78 is 7.58. The van der Waals surface area contributed by atoms with Gasteiger partial charge in [-0.2, -0.15) is 0 Å². The highest BCUT2D eigenvalue weighted by molar-refractivity contribution is 7.07. The summed E-state index contributed by atoms with van der Waals surface area (Å²) in [4.78, 5) is 30.5. The van der Waals surface area contributed by atoms with E-state index >= 15 is 0 Å². The van der Waals surface area contributed by atoms with E-state index in [1.807, 2.05) is 36.1 Å². The number of nitrogens with zero attached hydrogens (tertiary/aromatic N) is 4. The molecule has 29 heavy (non-hydrogen) atoms. The zero-order valence-electron chi connectivity index (χ0n) is 15.6. The van der Waals surface area contributed by atoms with Crippen LogP contribution in [0.1, 0.15) is 12.5 Å². The van der Waals surface area contributed by atoms with Crippen LogP contribution in [0.2, 0.25) is 0 Å². The number of ether oxygens (including phenoxy) is 1. The van der Waals surface area contributed by atoms with Crippen LogP contribution in [-0.4, -0.2) is 22.8 Å². The van der Waals surface area contributed by atoms with Crippen molar-refractivity contribution >= 4 is 28.8 Å². The first kappa shape index (κ1) is 18.9. The number of hydrogen-bond acceptors (Lipinski definition) is 7. The fraction of sp³-hybridized carbons (Fsp3) is 0.200. The standard InChI is InChI=1S/C20H18N4O4S/c1-2-28-17-8-6-15(7-9-17)22-12-21-20-23(13-22)19(25)18(29-20)11-14-4-3-5-16(10-14)24(26)27/h3-11H,2,12-13H2,1H3. The van der Waals surface area contributed by atoms with Crippen LogP contribution in [0.5, 0.6) is 5.75 Å². The van der Waals surface area contributed by atoms with Gasteiger partial charge in [0.15, 0.2) is 4.80 Å². The van der Waals surface area contributed by atoms with Crippen LogP contribution in [0, 0.1) is 10.1 Å². The SMILES string of the molecule is CCOc1ccc(N2CN=c3sc(=Cc4cccc([N+](=O)[O-])c4)c(=O)n3C2)cc1. The van der Waals surface area contributed by atoms with Gasteiger partial charge in [0, 0.05) is 17.8 Å². The zero-order valence-corrected chi connectivity index (χ0v) is 16.5. The first-order valence-corrected chi connectivity index (χ1v) is 9.85. The quantitative estimate of drug-likeness (QED) is 0.475. The van der Waals surface area contributed by atoms with Crippen molar-refractivity contribution in [1.29, 1.82) is 0 Å². The molecule has 0 saturated heterocycles. The zero-order chi connectivity index (χ0) is 20.4. The minimum atomic E-state index is -0.451. The second-order valence-corrected chi connectivity index (χ2v) is 7.40. The summed E-state index contributed by atoms with van der Waals surface area (Å²) in [5.74, 6) is 0.799. The third-order valence-electron chi connectivity index (χ3n) is 4.47. The van der Waals surface area contributed by atoms with E-state index in [0.717, 1.165) is 11.4 Å². The summed E-state index contributed by atoms with van der Waals surface area (Å²) in [6.07, 6.45) is 1.67. The van der Waals surface area contributed by atoms with Gasteiger partial charge in [0.1, 0.15) is 19.1 Å². The second kappa shape index (κ2) is 7.88. The number of non-ortho nitro benzene ring substituents is 1. The highest BCUT2D eigenvalue weighted by atomic mass is 32.1. The van der Waals surface area contributed by atoms with Crippen LogP contribution in [0.15, 0.2) is 58.3 Å². The molecule has 4 rings (SSSR count). The molecule has 0 fully saturated rings. The number of nitro benzene ring substituents is 1. The molecule has 2 aromatic carbocycles. The smallest absolute Gasteiger partial charge is 0.271 e. The number of fused-ring (bicyclic) bond motifs is 1. The van der Waals surface area contributed by atoms with Gasteiger partial charge in [-0.1, -0.05) is 23.5 Å². The minimum absolute atomic E-state index is 0.00784. The van der Waals surface area contributed by atoms with Crippen LogP contribution < -0.4 is 24.5 Å². The molecule has 0 aliphatic carbocycles. The number of benzene rings is 2. The number of hydrogen-bond donors (Lipinski definition) is 0. The van der Waals surface area contributed by atoms with Crippen molar-refractivity contribution in [3.63, 3.8) is 0 Å². The largest absolute Gasteiger partial charge is 0.494 e. The fourth-order valence-electron chi connectivity index (χ4n) is 3.07. The molecule has 1 aliphatic rings. The molecule has 1 aromatic heterocycles. The van der Waals surface area contributed by atoms with Crippen molar-refractivity contribution in [1.82, 2.24) is 4.57 Å². The predicted octanol–water partition coefficient (Wildman–Crippen LogP) is 2.10. The van der Waals surface area contributed by atoms with E-state index in [2.05, 4.69) is 4.99 Å². The van der Waals surface area contributed by atoms with Gasteiger partial charge in [0.25, 0.3) is 11.2 Å². The minimum Gasteiger partial charge on any atom is -0.494 e. The number of nitro groups is 1. The van der Waals surface area contributed by atoms with E-state index in [-0.39, 0.29) is 11.2 Å². The Kier molecular flexibility index (Phi) is 5.13. The summed E-state index contributed by atoms with van der Waals surface area (Å²) in [5.41, 5.74) is 1.39. The van der Waals surface area contributed by atoms with Crippen LogP contribution in [0.3, 0.4) is 0 Å². The highest BCUT2D eigenvalue weighted by Crippen LogP contribution is 2.20. The van der Waals surface area contributed by atoms with E-state index in [0.29, 0.717) is 34.8 Å². The molecule has 0 bridgehead atoms. The molecule has 0 unspecified atom stereocenters. The summed E-state index contributed by atoms with van der Waals surface area (Å²) >= 11 is 1.29. The first-order chi connectivity index (χ1) is 14.0. The Morgan fingerprint density at radius 1 is 1.28 bits per heavy atom. The van der Waals surface area contributed by atoms with Crippen molar-refractivity contribution in [3.05, 3.63) is 83.9 Å². The Bertz CT molecular complexity index is 1230. The van der Waals surface area contributed by atoms with Gasteiger partial charge in [-0.05, 0) is 42.8 Å². The third kappa shape index (κ3) is 3.90. The van der Waals surface area contributed by atoms with E-state index in [4.69, 9.17) is 4.74 Å². The van der Waals surface area contributed by atoms with Crippen LogP contribution in [0.4, 0.5) is 11.4 Å². The lowest BCUT2D eigenvalue weighted by Gasteiger charge is -2.25. The molecule has 0 radical (unpaired) electrons. The Balaban J connectivity index is 1.64. The van der Waals surface area contributed by atoms with Gasteiger partial charge < -0.3 is 9.64 Å². The molecule has 1 aliphatic heterocycles. The molecule has 9 heteroatoms. The molecule has 0 saturated carbocycles. The van der Waals surface area contributed by atoms with Crippen molar-refractivity contribution in [2.75, 3.05) is 18.2 Å². The summed E-state index contributed by atoms with van der Waals surface area (Å²) in [6.45, 7) is 3.38. The van der Waals surface area contributed by atoms with Crippen molar-refractivity contribution < 1.29 is 9.66 Å². The van der Waals surface area contributed by atoms with Crippen LogP contribution in [0.25, 0.3) is 6.08 Å². The third-order valence-corrected chi connectivity index (χ3v) is 5.51. The van der Waals surface area contributed by atoms with Gasteiger partial charge in [0.2, 0.25) is 0 Å². The van der Waals surface area contributed by atoms with Crippen molar-refractivity contribution in [2.24, 2.45) is 4.99 Å². The monoisotopic (exact) mass is 410 g/mol. The molecule has 0 spiro atoms. The summed E-state index contributed by atoms with van der Waals surface area (Å²) in [5, 5.41) is 11.0. The summed E-state index contributed by atoms with van der Waals surface area (Å²) in [7, 11) is 0. The maximum Gasteiger partial charge on any atom is 0.271 e. The van der Waals surface area contributed by atoms with Crippen molar-refractivity contribution in [3.8, 4) is 5.75 Å². The predicted molar refractivity (Wildman–Crippen MR) is 111 cm³/mol. The van der Waals surface area contributed by atoms with E-state index in [1.165, 1.54) is 23.5 Å². The molecular weight excluding hydrogens is 392 g/mol. The van der Waals surface area contributed by atoms with E-state index in [1.54, 1.807) is 22.8 Å². The maximum absolute atomic E-state index is 12.9. The van der Waals surface area contributed by atoms with E-state index < -0.39 is 4.92 Å². The topological polar surface area (TPSA) is 90.0 Å². The highest BCUT2D eigenvalue weighted by Gasteiger charge is 2.16.